The van der Waals surface area contributed by atoms with Gasteiger partial charge in [0.05, 0.1) is 23.1 Å². The number of hydrogen-bond acceptors (Lipinski definition) is 4. The molecule has 2 fully saturated rings. The summed E-state index contributed by atoms with van der Waals surface area (Å²) in [6.45, 7) is 0. The average molecular weight is 269 g/mol. The van der Waals surface area contributed by atoms with E-state index < -0.39 is 10.0 Å². The van der Waals surface area contributed by atoms with Crippen LogP contribution in [0.15, 0.2) is 29.2 Å². The lowest BCUT2D eigenvalue weighted by molar-refractivity contribution is 0.0996. The maximum absolute atomic E-state index is 12.1. The van der Waals surface area contributed by atoms with E-state index in [1.54, 1.807) is 0 Å². The van der Waals surface area contributed by atoms with Crippen LogP contribution in [0.25, 0.3) is 0 Å². The highest BCUT2D eigenvalue weighted by atomic mass is 32.2. The topological polar surface area (TPSA) is 75.6 Å². The highest BCUT2D eigenvalue weighted by Gasteiger charge is 2.42. The van der Waals surface area contributed by atoms with Crippen LogP contribution in [0.5, 0.6) is 5.75 Å². The van der Waals surface area contributed by atoms with Crippen LogP contribution in [0.3, 0.4) is 0 Å². The Kier molecular flexibility index (Phi) is 2.80. The van der Waals surface area contributed by atoms with Crippen molar-refractivity contribution in [3.05, 3.63) is 24.3 Å². The second-order valence-corrected chi connectivity index (χ2v) is 6.55. The molecule has 3 atom stereocenters. The maximum Gasteiger partial charge on any atom is 0.240 e. The van der Waals surface area contributed by atoms with Gasteiger partial charge in [0.25, 0.3) is 0 Å². The Hall–Kier alpha value is -1.11. The van der Waals surface area contributed by atoms with Gasteiger partial charge in [-0.2, -0.15) is 0 Å². The molecule has 0 spiro atoms. The zero-order valence-corrected chi connectivity index (χ0v) is 10.6. The van der Waals surface area contributed by atoms with Gasteiger partial charge >= 0.3 is 0 Å². The number of phenols is 1. The molecule has 0 radical (unpaired) electrons. The molecule has 18 heavy (non-hydrogen) atoms. The smallest absolute Gasteiger partial charge is 0.240 e. The van der Waals surface area contributed by atoms with Crippen molar-refractivity contribution < 1.29 is 18.3 Å². The van der Waals surface area contributed by atoms with Crippen LogP contribution >= 0.6 is 0 Å². The average Bonchev–Trinajstić information content (AvgIpc) is 2.91. The fourth-order valence-electron chi connectivity index (χ4n) is 2.65. The van der Waals surface area contributed by atoms with E-state index in [-0.39, 0.29) is 28.9 Å². The van der Waals surface area contributed by atoms with Crippen molar-refractivity contribution in [3.63, 3.8) is 0 Å². The molecule has 5 nitrogen and oxygen atoms in total. The van der Waals surface area contributed by atoms with E-state index in [9.17, 15) is 8.42 Å². The van der Waals surface area contributed by atoms with Gasteiger partial charge in [-0.25, -0.2) is 13.1 Å². The van der Waals surface area contributed by atoms with Gasteiger partial charge in [0.1, 0.15) is 5.75 Å². The van der Waals surface area contributed by atoms with Crippen LogP contribution in [-0.4, -0.2) is 31.8 Å². The first-order chi connectivity index (χ1) is 8.54. The van der Waals surface area contributed by atoms with E-state index >= 15 is 0 Å². The molecular formula is C12H15NO4S. The largest absolute Gasteiger partial charge is 0.508 e. The molecule has 2 aliphatic heterocycles. The number of fused-ring (bicyclic) bond motifs is 2. The third kappa shape index (κ3) is 2.11. The summed E-state index contributed by atoms with van der Waals surface area (Å²) in [4.78, 5) is 0.170. The van der Waals surface area contributed by atoms with Crippen LogP contribution < -0.4 is 4.72 Å². The van der Waals surface area contributed by atoms with E-state index in [4.69, 9.17) is 9.84 Å². The number of rotatable bonds is 3. The summed E-state index contributed by atoms with van der Waals surface area (Å²) < 4.78 is 32.6. The summed E-state index contributed by atoms with van der Waals surface area (Å²) in [5.74, 6) is 0.0530. The van der Waals surface area contributed by atoms with E-state index in [1.807, 2.05) is 0 Å². The predicted molar refractivity (Wildman–Crippen MR) is 64.7 cm³/mol. The number of nitrogens with one attached hydrogen (secondary N) is 1. The Morgan fingerprint density at radius 1 is 1.22 bits per heavy atom. The first-order valence-electron chi connectivity index (χ1n) is 6.01. The fourth-order valence-corrected chi connectivity index (χ4v) is 3.93. The maximum atomic E-state index is 12.1. The third-order valence-electron chi connectivity index (χ3n) is 3.56. The highest BCUT2D eigenvalue weighted by molar-refractivity contribution is 7.89. The molecule has 1 aromatic rings. The molecule has 2 saturated heterocycles. The number of hydrogen-bond donors (Lipinski definition) is 2. The molecule has 0 aliphatic carbocycles. The summed E-state index contributed by atoms with van der Waals surface area (Å²) in [5.41, 5.74) is 0. The van der Waals surface area contributed by atoms with Crippen LogP contribution in [0.1, 0.15) is 19.3 Å². The minimum atomic E-state index is -3.52. The lowest BCUT2D eigenvalue weighted by Crippen LogP contribution is -2.41. The van der Waals surface area contributed by atoms with Crippen molar-refractivity contribution in [2.45, 2.75) is 42.4 Å². The summed E-state index contributed by atoms with van der Waals surface area (Å²) >= 11 is 0. The van der Waals surface area contributed by atoms with Gasteiger partial charge < -0.3 is 9.84 Å². The lowest BCUT2D eigenvalue weighted by atomic mass is 9.96. The molecule has 0 saturated carbocycles. The molecule has 98 valence electrons. The summed E-state index contributed by atoms with van der Waals surface area (Å²) in [5, 5.41) is 9.16. The van der Waals surface area contributed by atoms with E-state index in [1.165, 1.54) is 24.3 Å². The van der Waals surface area contributed by atoms with Gasteiger partial charge in [0.2, 0.25) is 10.0 Å². The quantitative estimate of drug-likeness (QED) is 0.858. The zero-order chi connectivity index (χ0) is 12.8. The van der Waals surface area contributed by atoms with Gasteiger partial charge in [-0.1, -0.05) is 0 Å². The van der Waals surface area contributed by atoms with Gasteiger partial charge in [0.15, 0.2) is 0 Å². The first-order valence-corrected chi connectivity index (χ1v) is 7.50. The Bertz CT molecular complexity index is 540. The normalized spacial score (nSPS) is 30.8. The molecule has 2 bridgehead atoms. The van der Waals surface area contributed by atoms with Crippen LogP contribution in [0.2, 0.25) is 0 Å². The minimum Gasteiger partial charge on any atom is -0.508 e. The molecule has 6 heteroatoms. The Balaban J connectivity index is 1.77. The monoisotopic (exact) mass is 269 g/mol. The van der Waals surface area contributed by atoms with Crippen molar-refractivity contribution in [2.75, 3.05) is 0 Å². The second kappa shape index (κ2) is 4.22. The van der Waals surface area contributed by atoms with Crippen molar-refractivity contribution in [3.8, 4) is 5.75 Å². The SMILES string of the molecule is O=S(=O)(NC1CC2CCC1O2)c1ccc(O)cc1. The van der Waals surface area contributed by atoms with E-state index in [2.05, 4.69) is 4.72 Å². The lowest BCUT2D eigenvalue weighted by Gasteiger charge is -2.19. The molecule has 2 N–H and O–H groups in total. The Morgan fingerprint density at radius 2 is 1.94 bits per heavy atom. The molecule has 0 amide bonds. The molecule has 3 unspecified atom stereocenters. The van der Waals surface area contributed by atoms with Crippen molar-refractivity contribution in [2.24, 2.45) is 0 Å². The molecule has 1 aromatic carbocycles. The fraction of sp³-hybridized carbons (Fsp3) is 0.500. The minimum absolute atomic E-state index is 0.0156. The standard InChI is InChI=1S/C12H15NO4S/c14-8-1-4-10(5-2-8)18(15,16)13-11-7-9-3-6-12(11)17-9/h1-2,4-5,9,11-14H,3,6-7H2. The molecule has 0 aromatic heterocycles. The third-order valence-corrected chi connectivity index (χ3v) is 5.07. The molecular weight excluding hydrogens is 254 g/mol. The molecule has 2 aliphatic rings. The summed E-state index contributed by atoms with van der Waals surface area (Å²) in [6.07, 6.45) is 2.93. The van der Waals surface area contributed by atoms with Gasteiger partial charge in [-0.15, -0.1) is 0 Å². The first kappa shape index (κ1) is 12.0. The van der Waals surface area contributed by atoms with Crippen LogP contribution in [0, 0.1) is 0 Å². The van der Waals surface area contributed by atoms with Crippen LogP contribution in [0.4, 0.5) is 0 Å². The van der Waals surface area contributed by atoms with Gasteiger partial charge in [-0.3, -0.25) is 0 Å². The highest BCUT2D eigenvalue weighted by Crippen LogP contribution is 2.35. The number of ether oxygens (including phenoxy) is 1. The number of sulfonamides is 1. The molecule has 3 rings (SSSR count). The van der Waals surface area contributed by atoms with Crippen LogP contribution in [-0.2, 0) is 14.8 Å². The van der Waals surface area contributed by atoms with Crippen molar-refractivity contribution in [1.82, 2.24) is 4.72 Å². The number of phenolic OH excluding ortho intramolecular Hbond substituents is 1. The van der Waals surface area contributed by atoms with Crippen molar-refractivity contribution >= 4 is 10.0 Å². The summed E-state index contributed by atoms with van der Waals surface area (Å²) in [7, 11) is -3.52. The number of aromatic hydroxyl groups is 1. The van der Waals surface area contributed by atoms with Crippen molar-refractivity contribution in [1.29, 1.82) is 0 Å². The predicted octanol–water partition coefficient (Wildman–Crippen LogP) is 0.990. The van der Waals surface area contributed by atoms with Gasteiger partial charge in [0, 0.05) is 0 Å². The van der Waals surface area contributed by atoms with E-state index in [0.717, 1.165) is 19.3 Å². The Morgan fingerprint density at radius 3 is 2.50 bits per heavy atom. The summed E-state index contributed by atoms with van der Waals surface area (Å²) in [6, 6.07) is 5.40. The second-order valence-electron chi connectivity index (χ2n) is 4.83. The zero-order valence-electron chi connectivity index (χ0n) is 9.74. The van der Waals surface area contributed by atoms with Gasteiger partial charge in [-0.05, 0) is 43.5 Å². The number of benzene rings is 1. The Labute approximate surface area is 106 Å². The molecule has 2 heterocycles. The van der Waals surface area contributed by atoms with E-state index in [0.29, 0.717) is 0 Å².